The first-order chi connectivity index (χ1) is 14.9. The third kappa shape index (κ3) is 6.00. The van der Waals surface area contributed by atoms with Gasteiger partial charge in [0.15, 0.2) is 0 Å². The summed E-state index contributed by atoms with van der Waals surface area (Å²) in [7, 11) is 1.47. The van der Waals surface area contributed by atoms with Crippen LogP contribution in [-0.4, -0.2) is 62.9 Å². The lowest BCUT2D eigenvalue weighted by Gasteiger charge is -2.27. The van der Waals surface area contributed by atoms with Crippen LogP contribution in [0.1, 0.15) is 9.67 Å². The Morgan fingerprint density at radius 1 is 1.35 bits per heavy atom. The fraction of sp³-hybridized carbons (Fsp3) is 0.316. The highest BCUT2D eigenvalue weighted by Crippen LogP contribution is 2.25. The van der Waals surface area contributed by atoms with Crippen LogP contribution in [0.15, 0.2) is 34.1 Å². The highest BCUT2D eigenvalue weighted by Gasteiger charge is 2.24. The van der Waals surface area contributed by atoms with E-state index in [1.807, 2.05) is 0 Å². The summed E-state index contributed by atoms with van der Waals surface area (Å²) in [4.78, 5) is 38.7. The number of nitrogens with zero attached hydrogens (tertiary/aromatic N) is 2. The van der Waals surface area contributed by atoms with E-state index < -0.39 is 17.8 Å². The minimum absolute atomic E-state index is 0.0729. The maximum Gasteiger partial charge on any atom is 0.340 e. The molecule has 31 heavy (non-hydrogen) atoms. The number of halogens is 2. The van der Waals surface area contributed by atoms with Crippen LogP contribution in [0, 0.1) is 5.82 Å². The number of hydrogen-bond acceptors (Lipinski definition) is 6. The standard InChI is InChI=1S/C19H20BrFN4O5S/c1-29-8-7-25(23-18(27)15-4-5-16(20)31-15)19(28)22-12-2-3-14(13(21)10-12)24-6-9-30-11-17(24)26/h2-5,10H,6-9,11H2,1H3,(H,22,28)(H,23,27). The molecule has 0 saturated carbocycles. The summed E-state index contributed by atoms with van der Waals surface area (Å²) < 4.78 is 25.4. The topological polar surface area (TPSA) is 100 Å². The van der Waals surface area contributed by atoms with Crippen molar-refractivity contribution in [2.45, 2.75) is 0 Å². The fourth-order valence-corrected chi connectivity index (χ4v) is 4.05. The van der Waals surface area contributed by atoms with Crippen molar-refractivity contribution in [3.05, 3.63) is 44.8 Å². The molecule has 1 saturated heterocycles. The van der Waals surface area contributed by atoms with Crippen LogP contribution in [0.4, 0.5) is 20.6 Å². The van der Waals surface area contributed by atoms with Crippen LogP contribution in [0.5, 0.6) is 0 Å². The second-order valence-corrected chi connectivity index (χ2v) is 8.85. The molecule has 0 aliphatic carbocycles. The van der Waals surface area contributed by atoms with Gasteiger partial charge in [0.1, 0.15) is 12.4 Å². The fourth-order valence-electron chi connectivity index (χ4n) is 2.77. The molecule has 2 heterocycles. The summed E-state index contributed by atoms with van der Waals surface area (Å²) >= 11 is 4.50. The van der Waals surface area contributed by atoms with Gasteiger partial charge < -0.3 is 19.7 Å². The molecular weight excluding hydrogens is 495 g/mol. The van der Waals surface area contributed by atoms with E-state index in [4.69, 9.17) is 9.47 Å². The molecule has 2 N–H and O–H groups in total. The van der Waals surface area contributed by atoms with Crippen molar-refractivity contribution >= 4 is 56.5 Å². The Labute approximate surface area is 190 Å². The second kappa shape index (κ2) is 10.7. The summed E-state index contributed by atoms with van der Waals surface area (Å²) in [6.45, 7) is 0.709. The van der Waals surface area contributed by atoms with Crippen molar-refractivity contribution < 1.29 is 28.2 Å². The minimum atomic E-state index is -0.671. The van der Waals surface area contributed by atoms with Gasteiger partial charge in [-0.3, -0.25) is 15.0 Å². The number of nitrogens with one attached hydrogen (secondary N) is 2. The van der Waals surface area contributed by atoms with E-state index in [-0.39, 0.29) is 43.6 Å². The average Bonchev–Trinajstić information content (AvgIpc) is 3.18. The zero-order chi connectivity index (χ0) is 22.4. The van der Waals surface area contributed by atoms with Gasteiger partial charge >= 0.3 is 6.03 Å². The van der Waals surface area contributed by atoms with Gasteiger partial charge in [-0.2, -0.15) is 0 Å². The van der Waals surface area contributed by atoms with Crippen LogP contribution in [0.25, 0.3) is 0 Å². The quantitative estimate of drug-likeness (QED) is 0.577. The summed E-state index contributed by atoms with van der Waals surface area (Å²) in [5.74, 6) is -1.46. The molecule has 2 aromatic rings. The van der Waals surface area contributed by atoms with Gasteiger partial charge in [-0.25, -0.2) is 14.2 Å². The van der Waals surface area contributed by atoms with E-state index in [0.29, 0.717) is 11.5 Å². The minimum Gasteiger partial charge on any atom is -0.383 e. The lowest BCUT2D eigenvalue weighted by Crippen LogP contribution is -2.49. The number of rotatable bonds is 6. The van der Waals surface area contributed by atoms with E-state index in [1.54, 1.807) is 12.1 Å². The summed E-state index contributed by atoms with van der Waals surface area (Å²) in [6.07, 6.45) is 0. The number of methoxy groups -OCH3 is 1. The number of ether oxygens (including phenoxy) is 2. The molecule has 166 valence electrons. The van der Waals surface area contributed by atoms with Crippen LogP contribution in [-0.2, 0) is 14.3 Å². The van der Waals surface area contributed by atoms with E-state index >= 15 is 0 Å². The summed E-state index contributed by atoms with van der Waals surface area (Å²) in [6, 6.07) is 6.68. The first kappa shape index (κ1) is 23.1. The van der Waals surface area contributed by atoms with Gasteiger partial charge in [0.25, 0.3) is 11.8 Å². The molecule has 0 spiro atoms. The van der Waals surface area contributed by atoms with Gasteiger partial charge in [-0.1, -0.05) is 0 Å². The molecule has 1 aromatic carbocycles. The highest BCUT2D eigenvalue weighted by molar-refractivity contribution is 9.11. The maximum atomic E-state index is 14.6. The molecule has 0 bridgehead atoms. The van der Waals surface area contributed by atoms with Gasteiger partial charge in [0.2, 0.25) is 0 Å². The molecule has 0 atom stereocenters. The van der Waals surface area contributed by atoms with Crippen molar-refractivity contribution in [1.82, 2.24) is 10.4 Å². The van der Waals surface area contributed by atoms with Crippen molar-refractivity contribution in [3.8, 4) is 0 Å². The number of hydrogen-bond donors (Lipinski definition) is 2. The first-order valence-electron chi connectivity index (χ1n) is 9.20. The maximum absolute atomic E-state index is 14.6. The Bertz CT molecular complexity index is 973. The number of thiophene rings is 1. The number of amides is 4. The Kier molecular flexibility index (Phi) is 7.96. The van der Waals surface area contributed by atoms with Crippen LogP contribution in [0.3, 0.4) is 0 Å². The molecule has 1 aliphatic rings. The lowest BCUT2D eigenvalue weighted by molar-refractivity contribution is -0.125. The number of benzene rings is 1. The van der Waals surface area contributed by atoms with Crippen LogP contribution < -0.4 is 15.6 Å². The molecule has 1 aromatic heterocycles. The molecule has 3 rings (SSSR count). The smallest absolute Gasteiger partial charge is 0.340 e. The number of urea groups is 1. The van der Waals surface area contributed by atoms with Crippen LogP contribution >= 0.6 is 27.3 Å². The molecule has 12 heteroatoms. The summed E-state index contributed by atoms with van der Waals surface area (Å²) in [5, 5.41) is 3.59. The molecule has 1 aliphatic heterocycles. The molecule has 9 nitrogen and oxygen atoms in total. The van der Waals surface area contributed by atoms with Gasteiger partial charge in [-0.05, 0) is 46.3 Å². The zero-order valence-electron chi connectivity index (χ0n) is 16.5. The van der Waals surface area contributed by atoms with Crippen molar-refractivity contribution in [3.63, 3.8) is 0 Å². The van der Waals surface area contributed by atoms with Gasteiger partial charge in [0, 0.05) is 19.3 Å². The number of morpholine rings is 1. The number of carbonyl (C=O) groups excluding carboxylic acids is 3. The molecular formula is C19H20BrFN4O5S. The molecule has 0 unspecified atom stereocenters. The van der Waals surface area contributed by atoms with Crippen molar-refractivity contribution in [2.24, 2.45) is 0 Å². The molecule has 4 amide bonds. The Hall–Kier alpha value is -2.54. The van der Waals surface area contributed by atoms with E-state index in [9.17, 15) is 18.8 Å². The Morgan fingerprint density at radius 2 is 2.16 bits per heavy atom. The average molecular weight is 515 g/mol. The Balaban J connectivity index is 1.69. The second-order valence-electron chi connectivity index (χ2n) is 6.38. The Morgan fingerprint density at radius 3 is 2.81 bits per heavy atom. The van der Waals surface area contributed by atoms with Gasteiger partial charge in [-0.15, -0.1) is 11.3 Å². The van der Waals surface area contributed by atoms with Crippen LogP contribution in [0.2, 0.25) is 0 Å². The van der Waals surface area contributed by atoms with Crippen molar-refractivity contribution in [1.29, 1.82) is 0 Å². The molecule has 1 fully saturated rings. The predicted molar refractivity (Wildman–Crippen MR) is 117 cm³/mol. The predicted octanol–water partition coefficient (Wildman–Crippen LogP) is 2.84. The lowest BCUT2D eigenvalue weighted by atomic mass is 10.2. The summed E-state index contributed by atoms with van der Waals surface area (Å²) in [5.41, 5.74) is 2.80. The first-order valence-corrected chi connectivity index (χ1v) is 10.8. The molecule has 0 radical (unpaired) electrons. The van der Waals surface area contributed by atoms with E-state index in [2.05, 4.69) is 26.7 Å². The normalized spacial score (nSPS) is 13.8. The van der Waals surface area contributed by atoms with Gasteiger partial charge in [0.05, 0.1) is 34.1 Å². The SMILES string of the molecule is COCCN(NC(=O)c1ccc(Br)s1)C(=O)Nc1ccc(N2CCOCC2=O)c(F)c1. The van der Waals surface area contributed by atoms with E-state index in [1.165, 1.54) is 35.5 Å². The highest BCUT2D eigenvalue weighted by atomic mass is 79.9. The van der Waals surface area contributed by atoms with Crippen molar-refractivity contribution in [2.75, 3.05) is 50.2 Å². The van der Waals surface area contributed by atoms with E-state index in [0.717, 1.165) is 14.9 Å². The number of carbonyl (C=O) groups is 3. The zero-order valence-corrected chi connectivity index (χ0v) is 18.9. The number of anilines is 2. The third-order valence-electron chi connectivity index (χ3n) is 4.27. The monoisotopic (exact) mass is 514 g/mol. The third-order valence-corrected chi connectivity index (χ3v) is 5.90. The largest absolute Gasteiger partial charge is 0.383 e. The number of hydrazine groups is 1.